The quantitative estimate of drug-likeness (QED) is 0.769. The number of aromatic nitrogens is 3. The number of aromatic amines is 1. The first kappa shape index (κ1) is 16.0. The van der Waals surface area contributed by atoms with E-state index < -0.39 is 12.8 Å². The molecule has 0 amide bonds. The molecule has 0 aliphatic carbocycles. The molecule has 21 heavy (non-hydrogen) atoms. The van der Waals surface area contributed by atoms with Crippen molar-refractivity contribution in [2.24, 2.45) is 11.7 Å². The van der Waals surface area contributed by atoms with E-state index in [4.69, 9.17) is 5.73 Å². The number of anilines is 1. The molecule has 0 saturated carbocycles. The van der Waals surface area contributed by atoms with Crippen LogP contribution in [0.5, 0.6) is 0 Å². The van der Waals surface area contributed by atoms with Crippen LogP contribution in [-0.4, -0.2) is 54.2 Å². The van der Waals surface area contributed by atoms with Crippen molar-refractivity contribution in [2.45, 2.75) is 25.4 Å². The summed E-state index contributed by atoms with van der Waals surface area (Å²) in [6.45, 7) is 1.05. The van der Waals surface area contributed by atoms with E-state index in [2.05, 4.69) is 24.8 Å². The van der Waals surface area contributed by atoms with Gasteiger partial charge in [0.15, 0.2) is 0 Å². The molecule has 1 aromatic rings. The molecule has 0 spiro atoms. The van der Waals surface area contributed by atoms with Crippen LogP contribution in [0.3, 0.4) is 0 Å². The van der Waals surface area contributed by atoms with Crippen LogP contribution in [0.15, 0.2) is 0 Å². The van der Waals surface area contributed by atoms with Gasteiger partial charge < -0.3 is 15.4 Å². The van der Waals surface area contributed by atoms with E-state index in [0.717, 1.165) is 25.9 Å². The summed E-state index contributed by atoms with van der Waals surface area (Å²) in [4.78, 5) is 6.35. The summed E-state index contributed by atoms with van der Waals surface area (Å²) >= 11 is 0. The maximum Gasteiger partial charge on any atom is 0.411 e. The number of nitrogens with two attached hydrogens (primary N) is 1. The summed E-state index contributed by atoms with van der Waals surface area (Å²) in [5.74, 6) is 1.55. The molecule has 120 valence electrons. The molecule has 1 unspecified atom stereocenters. The Morgan fingerprint density at radius 2 is 2.24 bits per heavy atom. The molecule has 0 radical (unpaired) electrons. The summed E-state index contributed by atoms with van der Waals surface area (Å²) in [6, 6.07) is 0. The number of H-pyrrole nitrogens is 1. The molecule has 6 nitrogen and oxygen atoms in total. The molecular formula is C12H20F3N5O. The zero-order chi connectivity index (χ0) is 15.3. The molecule has 1 aliphatic heterocycles. The Kier molecular flexibility index (Phi) is 5.40. The zero-order valence-electron chi connectivity index (χ0n) is 11.7. The summed E-state index contributed by atoms with van der Waals surface area (Å²) in [7, 11) is 0. The smallest absolute Gasteiger partial charge is 0.372 e. The van der Waals surface area contributed by atoms with Gasteiger partial charge in [-0.25, -0.2) is 0 Å². The minimum absolute atomic E-state index is 0.0421. The number of alkyl halides is 3. The topological polar surface area (TPSA) is 80.1 Å². The van der Waals surface area contributed by atoms with Crippen molar-refractivity contribution in [2.75, 3.05) is 37.7 Å². The lowest BCUT2D eigenvalue weighted by Gasteiger charge is -2.31. The fourth-order valence-corrected chi connectivity index (χ4v) is 2.33. The van der Waals surface area contributed by atoms with E-state index >= 15 is 0 Å². The monoisotopic (exact) mass is 307 g/mol. The highest BCUT2D eigenvalue weighted by atomic mass is 19.4. The maximum atomic E-state index is 11.9. The molecule has 0 bridgehead atoms. The number of halogens is 3. The number of hydrogen-bond acceptors (Lipinski definition) is 5. The van der Waals surface area contributed by atoms with Crippen LogP contribution in [-0.2, 0) is 11.2 Å². The second-order valence-corrected chi connectivity index (χ2v) is 5.19. The number of rotatable bonds is 6. The van der Waals surface area contributed by atoms with Gasteiger partial charge in [0.25, 0.3) is 0 Å². The van der Waals surface area contributed by atoms with E-state index in [0.29, 0.717) is 24.2 Å². The van der Waals surface area contributed by atoms with Crippen LogP contribution in [0.2, 0.25) is 0 Å². The second-order valence-electron chi connectivity index (χ2n) is 5.19. The predicted octanol–water partition coefficient (Wildman–Crippen LogP) is 1.10. The summed E-state index contributed by atoms with van der Waals surface area (Å²) in [5.41, 5.74) is 5.68. The molecular weight excluding hydrogens is 287 g/mol. The van der Waals surface area contributed by atoms with Crippen molar-refractivity contribution in [1.82, 2.24) is 15.2 Å². The van der Waals surface area contributed by atoms with E-state index in [1.165, 1.54) is 0 Å². The molecule has 1 fully saturated rings. The number of piperidine rings is 1. The maximum absolute atomic E-state index is 11.9. The number of hydrogen-bond donors (Lipinski definition) is 2. The lowest BCUT2D eigenvalue weighted by atomic mass is 9.99. The van der Waals surface area contributed by atoms with Crippen molar-refractivity contribution in [1.29, 1.82) is 0 Å². The Morgan fingerprint density at radius 1 is 1.43 bits per heavy atom. The summed E-state index contributed by atoms with van der Waals surface area (Å²) < 4.78 is 40.3. The standard InChI is InChI=1S/C12H20F3N5O/c13-12(14,15)8-21-5-3-10-17-11(19-18-10)20-4-1-2-9(6-16)7-20/h9H,1-8,16H2,(H,17,18,19). The third kappa shape index (κ3) is 5.16. The van der Waals surface area contributed by atoms with Crippen molar-refractivity contribution in [3.05, 3.63) is 5.82 Å². The molecule has 1 aromatic heterocycles. The van der Waals surface area contributed by atoms with E-state index in [1.807, 2.05) is 0 Å². The van der Waals surface area contributed by atoms with E-state index in [-0.39, 0.29) is 13.0 Å². The van der Waals surface area contributed by atoms with Crippen molar-refractivity contribution in [3.63, 3.8) is 0 Å². The van der Waals surface area contributed by atoms with Gasteiger partial charge in [-0.2, -0.15) is 18.2 Å². The fourth-order valence-electron chi connectivity index (χ4n) is 2.33. The fraction of sp³-hybridized carbons (Fsp3) is 0.833. The highest BCUT2D eigenvalue weighted by Crippen LogP contribution is 2.19. The molecule has 1 saturated heterocycles. The van der Waals surface area contributed by atoms with Crippen LogP contribution in [0.4, 0.5) is 19.1 Å². The van der Waals surface area contributed by atoms with Gasteiger partial charge in [0.05, 0.1) is 6.61 Å². The van der Waals surface area contributed by atoms with Crippen LogP contribution < -0.4 is 10.6 Å². The van der Waals surface area contributed by atoms with E-state index in [9.17, 15) is 13.2 Å². The Hall–Kier alpha value is -1.35. The van der Waals surface area contributed by atoms with Gasteiger partial charge in [0.2, 0.25) is 5.95 Å². The van der Waals surface area contributed by atoms with Gasteiger partial charge in [0, 0.05) is 19.5 Å². The first-order valence-electron chi connectivity index (χ1n) is 6.98. The van der Waals surface area contributed by atoms with Crippen molar-refractivity contribution < 1.29 is 17.9 Å². The van der Waals surface area contributed by atoms with Crippen LogP contribution in [0.25, 0.3) is 0 Å². The number of nitrogens with zero attached hydrogens (tertiary/aromatic N) is 3. The van der Waals surface area contributed by atoms with Crippen molar-refractivity contribution >= 4 is 5.95 Å². The lowest BCUT2D eigenvalue weighted by molar-refractivity contribution is -0.173. The molecule has 1 atom stereocenters. The van der Waals surface area contributed by atoms with Gasteiger partial charge in [-0.1, -0.05) is 0 Å². The highest BCUT2D eigenvalue weighted by Gasteiger charge is 2.27. The minimum Gasteiger partial charge on any atom is -0.372 e. The normalized spacial score (nSPS) is 20.0. The average Bonchev–Trinajstić information content (AvgIpc) is 2.91. The zero-order valence-corrected chi connectivity index (χ0v) is 11.7. The Labute approximate surface area is 120 Å². The highest BCUT2D eigenvalue weighted by molar-refractivity contribution is 5.29. The van der Waals surface area contributed by atoms with E-state index in [1.54, 1.807) is 0 Å². The SMILES string of the molecule is NCC1CCCN(c2n[nH]c(CCOCC(F)(F)F)n2)C1. The molecule has 3 N–H and O–H groups in total. The molecule has 9 heteroatoms. The van der Waals surface area contributed by atoms with Gasteiger partial charge in [-0.3, -0.25) is 5.10 Å². The lowest BCUT2D eigenvalue weighted by Crippen LogP contribution is -2.39. The van der Waals surface area contributed by atoms with Crippen LogP contribution in [0.1, 0.15) is 18.7 Å². The third-order valence-electron chi connectivity index (χ3n) is 3.40. The van der Waals surface area contributed by atoms with Crippen LogP contribution in [0, 0.1) is 5.92 Å². The molecule has 0 aromatic carbocycles. The summed E-state index contributed by atoms with van der Waals surface area (Å²) in [6.07, 6.45) is -1.87. The van der Waals surface area contributed by atoms with Gasteiger partial charge >= 0.3 is 6.18 Å². The predicted molar refractivity (Wildman–Crippen MR) is 71.0 cm³/mol. The average molecular weight is 307 g/mol. The largest absolute Gasteiger partial charge is 0.411 e. The Bertz CT molecular complexity index is 437. The molecule has 2 rings (SSSR count). The first-order chi connectivity index (χ1) is 9.98. The van der Waals surface area contributed by atoms with Crippen LogP contribution >= 0.6 is 0 Å². The first-order valence-corrected chi connectivity index (χ1v) is 6.98. The third-order valence-corrected chi connectivity index (χ3v) is 3.40. The Morgan fingerprint density at radius 3 is 2.95 bits per heavy atom. The Balaban J connectivity index is 1.78. The van der Waals surface area contributed by atoms with Gasteiger partial charge in [-0.15, -0.1) is 5.10 Å². The molecule has 2 heterocycles. The number of ether oxygens (including phenoxy) is 1. The minimum atomic E-state index is -4.29. The number of nitrogens with one attached hydrogen (secondary N) is 1. The molecule has 1 aliphatic rings. The van der Waals surface area contributed by atoms with Gasteiger partial charge in [0.1, 0.15) is 12.4 Å². The second kappa shape index (κ2) is 7.08. The van der Waals surface area contributed by atoms with Gasteiger partial charge in [-0.05, 0) is 25.3 Å². The van der Waals surface area contributed by atoms with Crippen molar-refractivity contribution in [3.8, 4) is 0 Å². The summed E-state index contributed by atoms with van der Waals surface area (Å²) in [5, 5.41) is 6.85.